The minimum atomic E-state index is -0.196. The number of hydrogen-bond donors (Lipinski definition) is 0. The number of hydrazone groups is 1. The van der Waals surface area contributed by atoms with E-state index in [4.69, 9.17) is 14.7 Å². The Morgan fingerprint density at radius 1 is 1.30 bits per heavy atom. The second-order valence-electron chi connectivity index (χ2n) is 5.68. The lowest BCUT2D eigenvalue weighted by Crippen LogP contribution is -2.21. The zero-order chi connectivity index (χ0) is 19.4. The van der Waals surface area contributed by atoms with Crippen molar-refractivity contribution in [3.05, 3.63) is 58.1 Å². The normalized spacial score (nSPS) is 14.9. The van der Waals surface area contributed by atoms with Gasteiger partial charge in [-0.2, -0.15) is 15.4 Å². The van der Waals surface area contributed by atoms with Gasteiger partial charge in [0.05, 0.1) is 28.6 Å². The molecule has 1 amide bonds. The van der Waals surface area contributed by atoms with E-state index < -0.39 is 0 Å². The molecule has 1 aliphatic rings. The highest BCUT2D eigenvalue weighted by molar-refractivity contribution is 9.10. The fourth-order valence-electron chi connectivity index (χ4n) is 2.66. The maximum Gasteiger partial charge on any atom is 0.280 e. The highest BCUT2D eigenvalue weighted by Crippen LogP contribution is 2.37. The first kappa shape index (κ1) is 18.7. The highest BCUT2D eigenvalue weighted by atomic mass is 79.9. The molecule has 0 saturated heterocycles. The largest absolute Gasteiger partial charge is 0.493 e. The number of carbonyl (C=O) groups excluding carboxylic acids is 1. The molecule has 0 unspecified atom stereocenters. The van der Waals surface area contributed by atoms with Crippen molar-refractivity contribution in [2.24, 2.45) is 5.10 Å². The molecular formula is C20H16BrN3O3. The van der Waals surface area contributed by atoms with Crippen LogP contribution in [-0.4, -0.2) is 25.3 Å². The maximum absolute atomic E-state index is 12.8. The second-order valence-corrected chi connectivity index (χ2v) is 6.53. The van der Waals surface area contributed by atoms with Crippen LogP contribution in [0, 0.1) is 11.3 Å². The van der Waals surface area contributed by atoms with Crippen LogP contribution >= 0.6 is 15.9 Å². The first-order valence-corrected chi connectivity index (χ1v) is 8.88. The quantitative estimate of drug-likeness (QED) is 0.673. The van der Waals surface area contributed by atoms with Crippen molar-refractivity contribution in [1.29, 1.82) is 5.26 Å². The molecule has 2 aromatic rings. The molecule has 27 heavy (non-hydrogen) atoms. The number of carbonyl (C=O) groups is 1. The van der Waals surface area contributed by atoms with Gasteiger partial charge in [-0.15, -0.1) is 0 Å². The van der Waals surface area contributed by atoms with E-state index in [0.29, 0.717) is 32.9 Å². The molecule has 6 nitrogen and oxygen atoms in total. The Hall–Kier alpha value is -3.11. The molecule has 0 atom stereocenters. The summed E-state index contributed by atoms with van der Waals surface area (Å²) in [6.45, 7) is 1.70. The van der Waals surface area contributed by atoms with Crippen molar-refractivity contribution in [2.75, 3.05) is 18.7 Å². The van der Waals surface area contributed by atoms with E-state index in [-0.39, 0.29) is 12.5 Å². The topological polar surface area (TPSA) is 74.9 Å². The van der Waals surface area contributed by atoms with Crippen molar-refractivity contribution in [2.45, 2.75) is 6.92 Å². The van der Waals surface area contributed by atoms with Crippen LogP contribution in [0.2, 0.25) is 0 Å². The summed E-state index contributed by atoms with van der Waals surface area (Å²) in [5.41, 5.74) is 2.59. The molecular weight excluding hydrogens is 410 g/mol. The van der Waals surface area contributed by atoms with Crippen molar-refractivity contribution in [3.63, 3.8) is 0 Å². The monoisotopic (exact) mass is 425 g/mol. The number of methoxy groups -OCH3 is 1. The SMILES string of the molecule is COc1cc(/C=C2/C(=O)N(c3ccccc3)N=C2C)cc(Br)c1OCC#N. The lowest BCUT2D eigenvalue weighted by Gasteiger charge is -2.12. The molecule has 1 heterocycles. The Morgan fingerprint density at radius 2 is 2.04 bits per heavy atom. The summed E-state index contributed by atoms with van der Waals surface area (Å²) in [5.74, 6) is 0.709. The van der Waals surface area contributed by atoms with Crippen LogP contribution in [-0.2, 0) is 4.79 Å². The molecule has 0 N–H and O–H groups in total. The van der Waals surface area contributed by atoms with Gasteiger partial charge < -0.3 is 9.47 Å². The Bertz CT molecular complexity index is 978. The van der Waals surface area contributed by atoms with Gasteiger partial charge in [-0.25, -0.2) is 0 Å². The second kappa shape index (κ2) is 8.06. The minimum Gasteiger partial charge on any atom is -0.493 e. The van der Waals surface area contributed by atoms with Crippen molar-refractivity contribution in [3.8, 4) is 17.6 Å². The van der Waals surface area contributed by atoms with Gasteiger partial charge in [-0.05, 0) is 58.8 Å². The summed E-state index contributed by atoms with van der Waals surface area (Å²) in [7, 11) is 1.52. The van der Waals surface area contributed by atoms with Crippen molar-refractivity contribution >= 4 is 39.3 Å². The number of anilines is 1. The smallest absolute Gasteiger partial charge is 0.280 e. The first-order valence-electron chi connectivity index (χ1n) is 8.09. The molecule has 3 rings (SSSR count). The van der Waals surface area contributed by atoms with Gasteiger partial charge in [0.25, 0.3) is 5.91 Å². The lowest BCUT2D eigenvalue weighted by atomic mass is 10.1. The van der Waals surface area contributed by atoms with Crippen LogP contribution in [0.1, 0.15) is 12.5 Å². The van der Waals surface area contributed by atoms with E-state index in [9.17, 15) is 4.79 Å². The fraction of sp³-hybridized carbons (Fsp3) is 0.150. The molecule has 2 aromatic carbocycles. The van der Waals surface area contributed by atoms with Gasteiger partial charge in [-0.3, -0.25) is 4.79 Å². The van der Waals surface area contributed by atoms with Crippen LogP contribution < -0.4 is 14.5 Å². The number of hydrogen-bond acceptors (Lipinski definition) is 5. The number of nitrogens with zero attached hydrogens (tertiary/aromatic N) is 3. The Balaban J connectivity index is 1.95. The van der Waals surface area contributed by atoms with E-state index >= 15 is 0 Å². The van der Waals surface area contributed by atoms with Crippen LogP contribution in [0.4, 0.5) is 5.69 Å². The van der Waals surface area contributed by atoms with Gasteiger partial charge in [0.2, 0.25) is 0 Å². The Kier molecular flexibility index (Phi) is 5.57. The van der Waals surface area contributed by atoms with Crippen molar-refractivity contribution in [1.82, 2.24) is 0 Å². The zero-order valence-electron chi connectivity index (χ0n) is 14.8. The summed E-state index contributed by atoms with van der Waals surface area (Å²) >= 11 is 3.43. The molecule has 0 saturated carbocycles. The number of benzene rings is 2. The lowest BCUT2D eigenvalue weighted by molar-refractivity contribution is -0.114. The average molecular weight is 426 g/mol. The number of halogens is 1. The summed E-state index contributed by atoms with van der Waals surface area (Å²) in [6.07, 6.45) is 1.76. The van der Waals surface area contributed by atoms with Crippen LogP contribution in [0.5, 0.6) is 11.5 Å². The fourth-order valence-corrected chi connectivity index (χ4v) is 3.24. The standard InChI is InChI=1S/C20H16BrN3O3/c1-13-16(20(25)24(23-13)15-6-4-3-5-7-15)10-14-11-17(21)19(27-9-8-22)18(12-14)26-2/h3-7,10-12H,9H2,1-2H3/b16-10+. The molecule has 0 aromatic heterocycles. The van der Waals surface area contributed by atoms with Gasteiger partial charge in [0.15, 0.2) is 18.1 Å². The minimum absolute atomic E-state index is 0.0916. The predicted molar refractivity (Wildman–Crippen MR) is 107 cm³/mol. The number of amides is 1. The van der Waals surface area contributed by atoms with Gasteiger partial charge in [0, 0.05) is 0 Å². The zero-order valence-corrected chi connectivity index (χ0v) is 16.4. The van der Waals surface area contributed by atoms with E-state index in [0.717, 1.165) is 5.56 Å². The van der Waals surface area contributed by atoms with Crippen LogP contribution in [0.25, 0.3) is 6.08 Å². The van der Waals surface area contributed by atoms with Gasteiger partial charge >= 0.3 is 0 Å². The number of rotatable bonds is 5. The maximum atomic E-state index is 12.8. The summed E-state index contributed by atoms with van der Waals surface area (Å²) in [4.78, 5) is 12.8. The third-order valence-electron chi connectivity index (χ3n) is 3.91. The summed E-state index contributed by atoms with van der Waals surface area (Å²) in [6, 6.07) is 14.7. The molecule has 0 aliphatic carbocycles. The number of para-hydroxylation sites is 1. The van der Waals surface area contributed by atoms with Crippen LogP contribution in [0.3, 0.4) is 0 Å². The van der Waals surface area contributed by atoms with E-state index in [2.05, 4.69) is 21.0 Å². The number of ether oxygens (including phenoxy) is 2. The van der Waals surface area contributed by atoms with E-state index in [1.54, 1.807) is 25.1 Å². The molecule has 136 valence electrons. The molecule has 0 spiro atoms. The van der Waals surface area contributed by atoms with Crippen LogP contribution in [0.15, 0.2) is 57.6 Å². The molecule has 0 fully saturated rings. The number of nitriles is 1. The Labute approximate surface area is 165 Å². The first-order chi connectivity index (χ1) is 13.0. The van der Waals surface area contributed by atoms with Crippen molar-refractivity contribution < 1.29 is 14.3 Å². The predicted octanol–water partition coefficient (Wildman–Crippen LogP) is 4.17. The third kappa shape index (κ3) is 3.86. The van der Waals surface area contributed by atoms with E-state index in [1.165, 1.54) is 12.1 Å². The van der Waals surface area contributed by atoms with Gasteiger partial charge in [-0.1, -0.05) is 18.2 Å². The molecule has 7 heteroatoms. The Morgan fingerprint density at radius 3 is 2.70 bits per heavy atom. The van der Waals surface area contributed by atoms with Gasteiger partial charge in [0.1, 0.15) is 6.07 Å². The average Bonchev–Trinajstić information content (AvgIpc) is 2.95. The van der Waals surface area contributed by atoms with E-state index in [1.807, 2.05) is 36.4 Å². The third-order valence-corrected chi connectivity index (χ3v) is 4.50. The molecule has 0 radical (unpaired) electrons. The highest BCUT2D eigenvalue weighted by Gasteiger charge is 2.28. The summed E-state index contributed by atoms with van der Waals surface area (Å²) in [5, 5.41) is 14.5. The summed E-state index contributed by atoms with van der Waals surface area (Å²) < 4.78 is 11.4. The molecule has 0 bridgehead atoms. The molecule has 1 aliphatic heterocycles.